The van der Waals surface area contributed by atoms with Gasteiger partial charge in [0.25, 0.3) is 0 Å². The quantitative estimate of drug-likeness (QED) is 0.791. The van der Waals surface area contributed by atoms with Gasteiger partial charge in [-0.1, -0.05) is 23.4 Å². The van der Waals surface area contributed by atoms with Gasteiger partial charge < -0.3 is 4.52 Å². The molecule has 0 N–H and O–H groups in total. The molecule has 0 spiro atoms. The SMILES string of the molecule is N#CCSCc1nc(Cc2cccc(C(F)(F)F)c2)no1. The second-order valence-corrected chi connectivity index (χ2v) is 5.12. The summed E-state index contributed by atoms with van der Waals surface area (Å²) in [6, 6.07) is 6.99. The highest BCUT2D eigenvalue weighted by atomic mass is 32.2. The Morgan fingerprint density at radius 1 is 1.33 bits per heavy atom. The third kappa shape index (κ3) is 4.49. The van der Waals surface area contributed by atoms with Crippen LogP contribution in [0.4, 0.5) is 13.2 Å². The van der Waals surface area contributed by atoms with Gasteiger partial charge >= 0.3 is 6.18 Å². The van der Waals surface area contributed by atoms with E-state index in [1.54, 1.807) is 6.07 Å². The lowest BCUT2D eigenvalue weighted by atomic mass is 10.1. The molecule has 110 valence electrons. The Hall–Kier alpha value is -2.01. The van der Waals surface area contributed by atoms with Gasteiger partial charge in [0.2, 0.25) is 5.89 Å². The minimum absolute atomic E-state index is 0.163. The van der Waals surface area contributed by atoms with Crippen LogP contribution in [0, 0.1) is 11.3 Å². The highest BCUT2D eigenvalue weighted by molar-refractivity contribution is 7.98. The molecular formula is C13H10F3N3OS. The Balaban J connectivity index is 2.04. The van der Waals surface area contributed by atoms with E-state index in [1.807, 2.05) is 6.07 Å². The zero-order valence-electron chi connectivity index (χ0n) is 10.7. The Bertz CT molecular complexity index is 649. The smallest absolute Gasteiger partial charge is 0.338 e. The molecule has 0 atom stereocenters. The first-order valence-corrected chi connectivity index (χ1v) is 7.07. The van der Waals surface area contributed by atoms with E-state index in [2.05, 4.69) is 10.1 Å². The van der Waals surface area contributed by atoms with Crippen LogP contribution in [0.3, 0.4) is 0 Å². The molecule has 0 unspecified atom stereocenters. The second-order valence-electron chi connectivity index (χ2n) is 4.13. The van der Waals surface area contributed by atoms with Crippen LogP contribution >= 0.6 is 11.8 Å². The Morgan fingerprint density at radius 2 is 2.14 bits per heavy atom. The normalized spacial score (nSPS) is 11.3. The monoisotopic (exact) mass is 313 g/mol. The van der Waals surface area contributed by atoms with Gasteiger partial charge in [-0.25, -0.2) is 0 Å². The largest absolute Gasteiger partial charge is 0.416 e. The van der Waals surface area contributed by atoms with E-state index in [0.29, 0.717) is 28.8 Å². The Morgan fingerprint density at radius 3 is 2.86 bits per heavy atom. The maximum absolute atomic E-state index is 12.6. The number of aromatic nitrogens is 2. The first-order chi connectivity index (χ1) is 9.99. The summed E-state index contributed by atoms with van der Waals surface area (Å²) in [5.74, 6) is 1.40. The van der Waals surface area contributed by atoms with Crippen molar-refractivity contribution < 1.29 is 17.7 Å². The van der Waals surface area contributed by atoms with Crippen molar-refractivity contribution in [2.75, 3.05) is 5.75 Å². The summed E-state index contributed by atoms with van der Waals surface area (Å²) < 4.78 is 42.8. The molecule has 1 heterocycles. The van der Waals surface area contributed by atoms with Crippen LogP contribution < -0.4 is 0 Å². The van der Waals surface area contributed by atoms with Gasteiger partial charge in [0, 0.05) is 6.42 Å². The molecule has 0 saturated carbocycles. The molecular weight excluding hydrogens is 303 g/mol. The van der Waals surface area contributed by atoms with Gasteiger partial charge in [-0.2, -0.15) is 23.4 Å². The molecule has 0 bridgehead atoms. The van der Waals surface area contributed by atoms with Crippen LogP contribution in [-0.4, -0.2) is 15.9 Å². The molecule has 0 radical (unpaired) electrons. The molecule has 0 fully saturated rings. The summed E-state index contributed by atoms with van der Waals surface area (Å²) in [6.45, 7) is 0. The molecule has 0 aliphatic carbocycles. The van der Waals surface area contributed by atoms with Gasteiger partial charge in [-0.3, -0.25) is 0 Å². The van der Waals surface area contributed by atoms with Gasteiger partial charge in [-0.05, 0) is 11.6 Å². The van der Waals surface area contributed by atoms with Crippen LogP contribution in [0.15, 0.2) is 28.8 Å². The number of benzene rings is 1. The topological polar surface area (TPSA) is 62.7 Å². The average Bonchev–Trinajstić information content (AvgIpc) is 2.86. The van der Waals surface area contributed by atoms with Crippen molar-refractivity contribution in [3.8, 4) is 6.07 Å². The summed E-state index contributed by atoms with van der Waals surface area (Å²) in [4.78, 5) is 4.08. The molecule has 0 saturated heterocycles. The van der Waals surface area contributed by atoms with E-state index in [9.17, 15) is 13.2 Å². The fourth-order valence-corrected chi connectivity index (χ4v) is 2.13. The molecule has 2 aromatic rings. The van der Waals surface area contributed by atoms with Crippen molar-refractivity contribution in [3.05, 3.63) is 47.1 Å². The zero-order valence-corrected chi connectivity index (χ0v) is 11.5. The number of hydrogen-bond donors (Lipinski definition) is 0. The minimum atomic E-state index is -4.37. The summed E-state index contributed by atoms with van der Waals surface area (Å²) in [6.07, 6.45) is -4.21. The van der Waals surface area contributed by atoms with Gasteiger partial charge in [0.05, 0.1) is 23.1 Å². The van der Waals surface area contributed by atoms with Crippen molar-refractivity contribution in [1.29, 1.82) is 5.26 Å². The summed E-state index contributed by atoms with van der Waals surface area (Å²) in [5, 5.41) is 12.1. The number of nitrogens with zero attached hydrogens (tertiary/aromatic N) is 3. The standard InChI is InChI=1S/C13H10F3N3OS/c14-13(15,16)10-3-1-2-9(6-10)7-11-18-12(20-19-11)8-21-5-4-17/h1-3,6H,5,7-8H2. The van der Waals surface area contributed by atoms with Gasteiger partial charge in [0.15, 0.2) is 5.82 Å². The van der Waals surface area contributed by atoms with Crippen molar-refractivity contribution in [3.63, 3.8) is 0 Å². The predicted molar refractivity (Wildman–Crippen MR) is 70.3 cm³/mol. The second kappa shape index (κ2) is 6.63. The number of halogens is 3. The van der Waals surface area contributed by atoms with Crippen LogP contribution in [0.5, 0.6) is 0 Å². The molecule has 0 amide bonds. The summed E-state index contributed by atoms with van der Waals surface area (Å²) in [7, 11) is 0. The maximum atomic E-state index is 12.6. The lowest BCUT2D eigenvalue weighted by Gasteiger charge is -2.07. The summed E-state index contributed by atoms with van der Waals surface area (Å²) in [5.41, 5.74) is -0.241. The van der Waals surface area contributed by atoms with Crippen LogP contribution in [0.25, 0.3) is 0 Å². The number of nitriles is 1. The fraction of sp³-hybridized carbons (Fsp3) is 0.308. The third-order valence-corrected chi connectivity index (χ3v) is 3.30. The Kier molecular flexibility index (Phi) is 4.85. The number of alkyl halides is 3. The minimum Gasteiger partial charge on any atom is -0.338 e. The maximum Gasteiger partial charge on any atom is 0.416 e. The van der Waals surface area contributed by atoms with Crippen LogP contribution in [0.2, 0.25) is 0 Å². The molecule has 8 heteroatoms. The van der Waals surface area contributed by atoms with E-state index in [1.165, 1.54) is 17.8 Å². The van der Waals surface area contributed by atoms with Crippen LogP contribution in [-0.2, 0) is 18.3 Å². The number of thioether (sulfide) groups is 1. The van der Waals surface area contributed by atoms with Gasteiger partial charge in [-0.15, -0.1) is 11.8 Å². The highest BCUT2D eigenvalue weighted by Crippen LogP contribution is 2.29. The van der Waals surface area contributed by atoms with Crippen molar-refractivity contribution in [1.82, 2.24) is 10.1 Å². The third-order valence-electron chi connectivity index (χ3n) is 2.52. The number of hydrogen-bond acceptors (Lipinski definition) is 5. The molecule has 0 aliphatic heterocycles. The first kappa shape index (κ1) is 15.4. The van der Waals surface area contributed by atoms with Crippen molar-refractivity contribution in [2.45, 2.75) is 18.3 Å². The molecule has 1 aromatic heterocycles. The molecule has 1 aromatic carbocycles. The average molecular weight is 313 g/mol. The highest BCUT2D eigenvalue weighted by Gasteiger charge is 2.30. The van der Waals surface area contributed by atoms with Crippen LogP contribution in [0.1, 0.15) is 22.8 Å². The molecule has 21 heavy (non-hydrogen) atoms. The molecule has 2 rings (SSSR count). The van der Waals surface area contributed by atoms with E-state index < -0.39 is 11.7 Å². The van der Waals surface area contributed by atoms with Crippen molar-refractivity contribution >= 4 is 11.8 Å². The van der Waals surface area contributed by atoms with Gasteiger partial charge in [0.1, 0.15) is 0 Å². The van der Waals surface area contributed by atoms with E-state index in [-0.39, 0.29) is 6.42 Å². The lowest BCUT2D eigenvalue weighted by molar-refractivity contribution is -0.137. The molecule has 4 nitrogen and oxygen atoms in total. The first-order valence-electron chi connectivity index (χ1n) is 5.91. The predicted octanol–water partition coefficient (Wildman–Crippen LogP) is 3.44. The lowest BCUT2D eigenvalue weighted by Crippen LogP contribution is -2.05. The van der Waals surface area contributed by atoms with E-state index in [0.717, 1.165) is 12.1 Å². The Labute approximate surface area is 123 Å². The van der Waals surface area contributed by atoms with E-state index in [4.69, 9.17) is 9.78 Å². The number of rotatable bonds is 5. The summed E-state index contributed by atoms with van der Waals surface area (Å²) >= 11 is 1.33. The zero-order chi connectivity index (χ0) is 15.3. The molecule has 0 aliphatic rings. The van der Waals surface area contributed by atoms with E-state index >= 15 is 0 Å². The fourth-order valence-electron chi connectivity index (χ4n) is 1.64. The van der Waals surface area contributed by atoms with Crippen molar-refractivity contribution in [2.24, 2.45) is 0 Å².